The highest BCUT2D eigenvalue weighted by Crippen LogP contribution is 2.35. The highest BCUT2D eigenvalue weighted by molar-refractivity contribution is 8.03. The van der Waals surface area contributed by atoms with E-state index < -0.39 is 0 Å². The fraction of sp³-hybridized carbons (Fsp3) is 0.167. The minimum absolute atomic E-state index is 0.351. The first kappa shape index (κ1) is 22.1. The zero-order valence-corrected chi connectivity index (χ0v) is 19.1. The molecular formula is C24H20N2O4S2. The van der Waals surface area contributed by atoms with Crippen LogP contribution in [0.15, 0.2) is 69.5 Å². The van der Waals surface area contributed by atoms with Gasteiger partial charge in [0.05, 0.1) is 11.1 Å². The Balaban J connectivity index is 1.48. The average Bonchev–Trinajstić information content (AvgIpc) is 3.18. The topological polar surface area (TPSA) is 92.3 Å². The Labute approximate surface area is 193 Å². The molecule has 0 aliphatic carbocycles. The summed E-state index contributed by atoms with van der Waals surface area (Å²) in [7, 11) is 0. The van der Waals surface area contributed by atoms with Gasteiger partial charge < -0.3 is 0 Å². The fourth-order valence-electron chi connectivity index (χ4n) is 3.64. The molecule has 4 rings (SSSR count). The molecule has 4 amide bonds. The fourth-order valence-corrected chi connectivity index (χ4v) is 5.74. The van der Waals surface area contributed by atoms with E-state index in [4.69, 9.17) is 0 Å². The van der Waals surface area contributed by atoms with Crippen LogP contribution in [0.4, 0.5) is 0 Å². The summed E-state index contributed by atoms with van der Waals surface area (Å²) in [6.07, 6.45) is 0. The van der Waals surface area contributed by atoms with Crippen LogP contribution in [0.5, 0.6) is 0 Å². The smallest absolute Gasteiger partial charge is 0.259 e. The van der Waals surface area contributed by atoms with Crippen LogP contribution in [0.3, 0.4) is 0 Å². The number of hydrogen-bond donors (Lipinski definition) is 2. The van der Waals surface area contributed by atoms with E-state index in [1.54, 1.807) is 37.4 Å². The number of imide groups is 2. The van der Waals surface area contributed by atoms with E-state index in [2.05, 4.69) is 10.6 Å². The van der Waals surface area contributed by atoms with Crippen LogP contribution in [0.2, 0.25) is 0 Å². The molecule has 2 heterocycles. The van der Waals surface area contributed by atoms with Crippen LogP contribution in [0.1, 0.15) is 25.0 Å². The Morgan fingerprint density at radius 3 is 1.31 bits per heavy atom. The maximum atomic E-state index is 12.2. The van der Waals surface area contributed by atoms with E-state index in [1.807, 2.05) is 48.5 Å². The number of carbonyl (C=O) groups is 4. The van der Waals surface area contributed by atoms with Gasteiger partial charge in [0.15, 0.2) is 0 Å². The quantitative estimate of drug-likeness (QED) is 0.371. The summed E-state index contributed by atoms with van der Waals surface area (Å²) in [5.41, 5.74) is 3.22. The lowest BCUT2D eigenvalue weighted by Crippen LogP contribution is -2.22. The number of nitrogens with one attached hydrogen (secondary N) is 2. The molecule has 162 valence electrons. The lowest BCUT2D eigenvalue weighted by atomic mass is 10.0. The SMILES string of the molecule is CC1=C(c2ccccc2SCCSc2ccccc2C2=C(C)C(=O)NC2=O)C(=O)NC1=O. The molecule has 2 aliphatic heterocycles. The van der Waals surface area contributed by atoms with Gasteiger partial charge in [0.25, 0.3) is 23.6 Å². The molecule has 32 heavy (non-hydrogen) atoms. The third-order valence-electron chi connectivity index (χ3n) is 5.25. The first-order valence-corrected chi connectivity index (χ1v) is 11.9. The summed E-state index contributed by atoms with van der Waals surface area (Å²) in [6, 6.07) is 15.1. The van der Waals surface area contributed by atoms with Gasteiger partial charge in [-0.3, -0.25) is 29.8 Å². The van der Waals surface area contributed by atoms with Crippen LogP contribution in [0, 0.1) is 0 Å². The maximum absolute atomic E-state index is 12.2. The van der Waals surface area contributed by atoms with Crippen molar-refractivity contribution in [3.8, 4) is 0 Å². The molecule has 2 aliphatic rings. The molecule has 0 bridgehead atoms. The van der Waals surface area contributed by atoms with Crippen molar-refractivity contribution in [2.24, 2.45) is 0 Å². The average molecular weight is 465 g/mol. The van der Waals surface area contributed by atoms with E-state index in [0.717, 1.165) is 32.4 Å². The molecule has 6 nitrogen and oxygen atoms in total. The summed E-state index contributed by atoms with van der Waals surface area (Å²) >= 11 is 3.21. The Morgan fingerprint density at radius 2 is 0.969 bits per heavy atom. The molecule has 0 saturated heterocycles. The lowest BCUT2D eigenvalue weighted by Gasteiger charge is -2.11. The van der Waals surface area contributed by atoms with Crippen molar-refractivity contribution in [3.63, 3.8) is 0 Å². The number of benzene rings is 2. The molecule has 2 aromatic rings. The lowest BCUT2D eigenvalue weighted by molar-refractivity contribution is -0.125. The molecule has 0 fully saturated rings. The van der Waals surface area contributed by atoms with Crippen LogP contribution in [-0.2, 0) is 19.2 Å². The number of thioether (sulfide) groups is 2. The third-order valence-corrected chi connectivity index (χ3v) is 7.66. The largest absolute Gasteiger partial charge is 0.288 e. The summed E-state index contributed by atoms with van der Waals surface area (Å²) < 4.78 is 0. The maximum Gasteiger partial charge on any atom is 0.259 e. The Bertz CT molecular complexity index is 1130. The Hall–Kier alpha value is -3.10. The molecule has 8 heteroatoms. The van der Waals surface area contributed by atoms with Crippen molar-refractivity contribution >= 4 is 58.3 Å². The van der Waals surface area contributed by atoms with E-state index >= 15 is 0 Å². The van der Waals surface area contributed by atoms with Gasteiger partial charge in [-0.05, 0) is 26.0 Å². The third kappa shape index (κ3) is 4.16. The number of rotatable bonds is 7. The predicted molar refractivity (Wildman–Crippen MR) is 126 cm³/mol. The molecule has 2 aromatic carbocycles. The first-order chi connectivity index (χ1) is 15.4. The molecular weight excluding hydrogens is 444 g/mol. The summed E-state index contributed by atoms with van der Waals surface area (Å²) in [6.45, 7) is 3.31. The first-order valence-electron chi connectivity index (χ1n) is 9.96. The molecule has 0 aromatic heterocycles. The van der Waals surface area contributed by atoms with E-state index in [1.165, 1.54) is 0 Å². The van der Waals surface area contributed by atoms with E-state index in [9.17, 15) is 19.2 Å². The van der Waals surface area contributed by atoms with Gasteiger partial charge in [0.1, 0.15) is 0 Å². The number of amides is 4. The highest BCUT2D eigenvalue weighted by atomic mass is 32.2. The predicted octanol–water partition coefficient (Wildman–Crippen LogP) is 3.43. The van der Waals surface area contributed by atoms with Gasteiger partial charge in [-0.15, -0.1) is 23.5 Å². The van der Waals surface area contributed by atoms with Gasteiger partial charge in [-0.25, -0.2) is 0 Å². The second-order valence-corrected chi connectivity index (χ2v) is 9.53. The van der Waals surface area contributed by atoms with E-state index in [0.29, 0.717) is 22.3 Å². The van der Waals surface area contributed by atoms with Gasteiger partial charge >= 0.3 is 0 Å². The molecule has 0 unspecified atom stereocenters. The molecule has 0 radical (unpaired) electrons. The second-order valence-electron chi connectivity index (χ2n) is 7.26. The van der Waals surface area contributed by atoms with Gasteiger partial charge in [-0.2, -0.15) is 0 Å². The molecule has 0 atom stereocenters. The number of carbonyl (C=O) groups excluding carboxylic acids is 4. The Kier molecular flexibility index (Phi) is 6.34. The number of hydrogen-bond acceptors (Lipinski definition) is 6. The minimum atomic E-state index is -0.364. The molecule has 0 saturated carbocycles. The van der Waals surface area contributed by atoms with Crippen molar-refractivity contribution < 1.29 is 19.2 Å². The van der Waals surface area contributed by atoms with E-state index in [-0.39, 0.29) is 23.6 Å². The molecule has 2 N–H and O–H groups in total. The summed E-state index contributed by atoms with van der Waals surface area (Å²) in [5.74, 6) is 0.0723. The second kappa shape index (κ2) is 9.18. The monoisotopic (exact) mass is 464 g/mol. The zero-order chi connectivity index (χ0) is 22.8. The van der Waals surface area contributed by atoms with Crippen molar-refractivity contribution in [3.05, 3.63) is 70.8 Å². The van der Waals surface area contributed by atoms with Crippen molar-refractivity contribution in [2.45, 2.75) is 23.6 Å². The highest BCUT2D eigenvalue weighted by Gasteiger charge is 2.30. The summed E-state index contributed by atoms with van der Waals surface area (Å²) in [5, 5.41) is 4.70. The zero-order valence-electron chi connectivity index (χ0n) is 17.5. The van der Waals surface area contributed by atoms with Crippen molar-refractivity contribution in [2.75, 3.05) is 11.5 Å². The van der Waals surface area contributed by atoms with Crippen molar-refractivity contribution in [1.29, 1.82) is 0 Å². The van der Waals surface area contributed by atoms with Crippen LogP contribution >= 0.6 is 23.5 Å². The van der Waals surface area contributed by atoms with Crippen LogP contribution < -0.4 is 10.6 Å². The van der Waals surface area contributed by atoms with Gasteiger partial charge in [0.2, 0.25) is 0 Å². The normalized spacial score (nSPS) is 16.2. The van der Waals surface area contributed by atoms with Crippen LogP contribution in [0.25, 0.3) is 11.1 Å². The van der Waals surface area contributed by atoms with Crippen molar-refractivity contribution in [1.82, 2.24) is 10.6 Å². The standard InChI is InChI=1S/C24H20N2O4S2/c1-13-19(23(29)25-21(13)27)15-7-3-5-9-17(15)31-11-12-32-18-10-6-4-8-16(18)20-14(2)22(28)26-24(20)30/h3-10H,11-12H2,1-2H3,(H,25,27,29)(H,26,28,30). The van der Waals surface area contributed by atoms with Gasteiger partial charge in [-0.1, -0.05) is 36.4 Å². The Morgan fingerprint density at radius 1 is 0.594 bits per heavy atom. The van der Waals surface area contributed by atoms with Gasteiger partial charge in [0, 0.05) is 43.6 Å². The van der Waals surface area contributed by atoms with Crippen LogP contribution in [-0.4, -0.2) is 35.1 Å². The summed E-state index contributed by atoms with van der Waals surface area (Å²) in [4.78, 5) is 50.0. The molecule has 0 spiro atoms. The minimum Gasteiger partial charge on any atom is -0.288 e.